The van der Waals surface area contributed by atoms with Crippen molar-refractivity contribution >= 4 is 17.5 Å². The number of hydrogen-bond acceptors (Lipinski definition) is 2. The lowest BCUT2D eigenvalue weighted by Gasteiger charge is -2.28. The highest BCUT2D eigenvalue weighted by Crippen LogP contribution is 2.33. The van der Waals surface area contributed by atoms with Gasteiger partial charge in [-0.25, -0.2) is 0 Å². The van der Waals surface area contributed by atoms with Gasteiger partial charge in [0.15, 0.2) is 0 Å². The Hall–Kier alpha value is -3.00. The molecule has 1 aliphatic heterocycles. The van der Waals surface area contributed by atoms with Gasteiger partial charge in [-0.15, -0.1) is 0 Å². The topological polar surface area (TPSA) is 12.5 Å². The second kappa shape index (κ2) is 6.01. The number of nitrogens with zero attached hydrogens (tertiary/aromatic N) is 1. The van der Waals surface area contributed by atoms with Gasteiger partial charge in [0.1, 0.15) is 11.5 Å². The maximum absolute atomic E-state index is 5.86. The molecule has 0 atom stereocenters. The van der Waals surface area contributed by atoms with Crippen LogP contribution < -0.4 is 9.64 Å². The van der Waals surface area contributed by atoms with E-state index in [0.717, 1.165) is 18.0 Å². The zero-order chi connectivity index (χ0) is 15.5. The van der Waals surface area contributed by atoms with Crippen molar-refractivity contribution in [2.24, 2.45) is 0 Å². The number of para-hydroxylation sites is 2. The van der Waals surface area contributed by atoms with E-state index in [4.69, 9.17) is 4.74 Å². The van der Waals surface area contributed by atoms with Crippen molar-refractivity contribution in [2.45, 2.75) is 0 Å². The first-order valence-corrected chi connectivity index (χ1v) is 7.76. The molecule has 0 N–H and O–H groups in total. The summed E-state index contributed by atoms with van der Waals surface area (Å²) in [6.45, 7) is 0.885. The van der Waals surface area contributed by atoms with Crippen molar-refractivity contribution in [1.29, 1.82) is 0 Å². The summed E-state index contributed by atoms with van der Waals surface area (Å²) in [5.41, 5.74) is 3.66. The highest BCUT2D eigenvalue weighted by Gasteiger charge is 2.14. The molecule has 4 rings (SSSR count). The van der Waals surface area contributed by atoms with Crippen molar-refractivity contribution in [2.75, 3.05) is 11.4 Å². The fraction of sp³-hybridized carbons (Fsp3) is 0.0476. The third kappa shape index (κ3) is 2.84. The Morgan fingerprint density at radius 1 is 0.696 bits per heavy atom. The van der Waals surface area contributed by atoms with E-state index in [2.05, 4.69) is 53.5 Å². The molecule has 0 aromatic heterocycles. The molecule has 0 aliphatic carbocycles. The monoisotopic (exact) mass is 299 g/mol. The molecule has 3 aromatic carbocycles. The van der Waals surface area contributed by atoms with Crippen molar-refractivity contribution < 1.29 is 4.74 Å². The van der Waals surface area contributed by atoms with E-state index in [1.807, 2.05) is 42.5 Å². The van der Waals surface area contributed by atoms with Gasteiger partial charge in [0.05, 0.1) is 0 Å². The van der Waals surface area contributed by atoms with Gasteiger partial charge in [0.25, 0.3) is 0 Å². The number of benzene rings is 3. The van der Waals surface area contributed by atoms with Gasteiger partial charge >= 0.3 is 0 Å². The van der Waals surface area contributed by atoms with Crippen molar-refractivity contribution in [3.63, 3.8) is 0 Å². The largest absolute Gasteiger partial charge is 0.457 e. The molecule has 1 heterocycles. The molecular formula is C21H17NO. The predicted molar refractivity (Wildman–Crippen MR) is 95.4 cm³/mol. The van der Waals surface area contributed by atoms with Crippen LogP contribution in [0.15, 0.2) is 84.9 Å². The first kappa shape index (κ1) is 13.6. The average molecular weight is 299 g/mol. The molecule has 23 heavy (non-hydrogen) atoms. The highest BCUT2D eigenvalue weighted by molar-refractivity contribution is 5.77. The summed E-state index contributed by atoms with van der Waals surface area (Å²) in [6.07, 6.45) is 4.37. The Balaban J connectivity index is 1.58. The van der Waals surface area contributed by atoms with Gasteiger partial charge in [-0.1, -0.05) is 48.6 Å². The number of rotatable bonds is 3. The Morgan fingerprint density at radius 2 is 1.39 bits per heavy atom. The van der Waals surface area contributed by atoms with E-state index >= 15 is 0 Å². The molecular weight excluding hydrogens is 282 g/mol. The van der Waals surface area contributed by atoms with E-state index < -0.39 is 0 Å². The average Bonchev–Trinajstić information content (AvgIpc) is 2.63. The quantitative estimate of drug-likeness (QED) is 0.620. The normalized spacial score (nSPS) is 12.8. The van der Waals surface area contributed by atoms with Gasteiger partial charge in [-0.05, 0) is 48.0 Å². The lowest BCUT2D eigenvalue weighted by atomic mass is 10.1. The van der Waals surface area contributed by atoms with Crippen LogP contribution >= 0.6 is 0 Å². The van der Waals surface area contributed by atoms with Crippen LogP contribution in [0.3, 0.4) is 0 Å². The molecule has 2 heteroatoms. The fourth-order valence-electron chi connectivity index (χ4n) is 2.82. The molecule has 0 amide bonds. The third-order valence-corrected chi connectivity index (χ3v) is 3.94. The molecule has 0 spiro atoms. The highest BCUT2D eigenvalue weighted by atomic mass is 16.5. The van der Waals surface area contributed by atoms with E-state index in [0.29, 0.717) is 0 Å². The lowest BCUT2D eigenvalue weighted by molar-refractivity contribution is 0.483. The van der Waals surface area contributed by atoms with E-state index in [1.54, 1.807) is 0 Å². The van der Waals surface area contributed by atoms with Crippen LogP contribution in [0.2, 0.25) is 0 Å². The summed E-state index contributed by atoms with van der Waals surface area (Å²) < 4.78 is 5.86. The number of fused-ring (bicyclic) bond motifs is 1. The molecule has 0 radical (unpaired) electrons. The van der Waals surface area contributed by atoms with Crippen LogP contribution in [-0.4, -0.2) is 6.54 Å². The molecule has 1 aliphatic rings. The summed E-state index contributed by atoms with van der Waals surface area (Å²) in [4.78, 5) is 2.31. The van der Waals surface area contributed by atoms with Crippen LogP contribution in [0.25, 0.3) is 6.08 Å². The lowest BCUT2D eigenvalue weighted by Crippen LogP contribution is -2.19. The maximum Gasteiger partial charge on any atom is 0.127 e. The van der Waals surface area contributed by atoms with Gasteiger partial charge < -0.3 is 9.64 Å². The molecule has 0 unspecified atom stereocenters. The number of ether oxygens (including phenoxy) is 1. The Bertz CT molecular complexity index is 822. The minimum absolute atomic E-state index is 0.848. The number of anilines is 2. The van der Waals surface area contributed by atoms with Gasteiger partial charge in [0.2, 0.25) is 0 Å². The SMILES string of the molecule is C1=Cc2ccccc2N(c2ccc(Oc3ccccc3)cc2)C1. The second-order valence-electron chi connectivity index (χ2n) is 5.48. The third-order valence-electron chi connectivity index (χ3n) is 3.94. The predicted octanol–water partition coefficient (Wildman–Crippen LogP) is 5.64. The van der Waals surface area contributed by atoms with Crippen molar-refractivity contribution in [3.8, 4) is 11.5 Å². The minimum atomic E-state index is 0.848. The summed E-state index contributed by atoms with van der Waals surface area (Å²) >= 11 is 0. The second-order valence-corrected chi connectivity index (χ2v) is 5.48. The van der Waals surface area contributed by atoms with Crippen LogP contribution in [0.5, 0.6) is 11.5 Å². The number of hydrogen-bond donors (Lipinski definition) is 0. The van der Waals surface area contributed by atoms with Crippen LogP contribution in [0, 0.1) is 0 Å². The fourth-order valence-corrected chi connectivity index (χ4v) is 2.82. The van der Waals surface area contributed by atoms with Gasteiger partial charge in [-0.3, -0.25) is 0 Å². The molecule has 0 saturated carbocycles. The summed E-state index contributed by atoms with van der Waals surface area (Å²) in [5, 5.41) is 0. The summed E-state index contributed by atoms with van der Waals surface area (Å²) in [6, 6.07) is 26.5. The van der Waals surface area contributed by atoms with E-state index in [9.17, 15) is 0 Å². The standard InChI is InChI=1S/C21H17NO/c1-2-9-19(10-3-1)23-20-14-12-18(13-15-20)22-16-6-8-17-7-4-5-11-21(17)22/h1-15H,16H2. The Morgan fingerprint density at radius 3 is 2.22 bits per heavy atom. The Labute approximate surface area is 136 Å². The smallest absolute Gasteiger partial charge is 0.127 e. The maximum atomic E-state index is 5.86. The first-order chi connectivity index (χ1) is 11.4. The molecule has 0 saturated heterocycles. The van der Waals surface area contributed by atoms with Gasteiger partial charge in [-0.2, -0.15) is 0 Å². The zero-order valence-electron chi connectivity index (χ0n) is 12.7. The van der Waals surface area contributed by atoms with Gasteiger partial charge in [0, 0.05) is 17.9 Å². The molecule has 0 fully saturated rings. The Kier molecular flexibility index (Phi) is 3.57. The summed E-state index contributed by atoms with van der Waals surface area (Å²) in [7, 11) is 0. The minimum Gasteiger partial charge on any atom is -0.457 e. The summed E-state index contributed by atoms with van der Waals surface area (Å²) in [5.74, 6) is 1.70. The molecule has 3 aromatic rings. The zero-order valence-corrected chi connectivity index (χ0v) is 12.7. The van der Waals surface area contributed by atoms with Crippen molar-refractivity contribution in [3.05, 3.63) is 90.5 Å². The van der Waals surface area contributed by atoms with Crippen LogP contribution in [0.4, 0.5) is 11.4 Å². The molecule has 0 bridgehead atoms. The van der Waals surface area contributed by atoms with E-state index in [-0.39, 0.29) is 0 Å². The molecule has 2 nitrogen and oxygen atoms in total. The van der Waals surface area contributed by atoms with Crippen LogP contribution in [0.1, 0.15) is 5.56 Å². The van der Waals surface area contributed by atoms with Crippen LogP contribution in [-0.2, 0) is 0 Å². The van der Waals surface area contributed by atoms with Crippen molar-refractivity contribution in [1.82, 2.24) is 0 Å². The molecule has 112 valence electrons. The van der Waals surface area contributed by atoms with E-state index in [1.165, 1.54) is 16.9 Å². The first-order valence-electron chi connectivity index (χ1n) is 7.76.